The fraction of sp³-hybridized carbons (Fsp3) is 0.276. The number of aliphatic hydroxyl groups is 1. The number of aromatic nitrogens is 2. The molecule has 0 aliphatic carbocycles. The van der Waals surface area contributed by atoms with Crippen molar-refractivity contribution in [1.29, 1.82) is 0 Å². The first kappa shape index (κ1) is 23.5. The minimum atomic E-state index is -0.917. The van der Waals surface area contributed by atoms with E-state index >= 15 is 0 Å². The fourth-order valence-electron chi connectivity index (χ4n) is 4.51. The number of rotatable bonds is 10. The van der Waals surface area contributed by atoms with Crippen LogP contribution in [-0.2, 0) is 34.0 Å². The molecule has 0 saturated carbocycles. The smallest absolute Gasteiger partial charge is 0.140 e. The van der Waals surface area contributed by atoms with Gasteiger partial charge in [0.05, 0.1) is 32.5 Å². The van der Waals surface area contributed by atoms with Crippen LogP contribution in [0.4, 0.5) is 0 Å². The summed E-state index contributed by atoms with van der Waals surface area (Å²) in [6, 6.07) is 29.9. The molecule has 3 aromatic carbocycles. The van der Waals surface area contributed by atoms with Crippen LogP contribution in [0.2, 0.25) is 0 Å². The van der Waals surface area contributed by atoms with E-state index in [2.05, 4.69) is 4.98 Å². The largest absolute Gasteiger partial charge is 0.382 e. The van der Waals surface area contributed by atoms with Gasteiger partial charge >= 0.3 is 0 Å². The van der Waals surface area contributed by atoms with E-state index in [-0.39, 0.29) is 6.04 Å². The maximum Gasteiger partial charge on any atom is 0.140 e. The Morgan fingerprint density at radius 1 is 0.686 bits per heavy atom. The number of imidazole rings is 1. The lowest BCUT2D eigenvalue weighted by Crippen LogP contribution is -2.49. The third-order valence-corrected chi connectivity index (χ3v) is 6.31. The summed E-state index contributed by atoms with van der Waals surface area (Å²) in [6.07, 6.45) is 1.63. The minimum absolute atomic E-state index is 0.205. The first-order chi connectivity index (χ1) is 17.3. The Hall–Kier alpha value is -3.29. The molecule has 180 valence electrons. The first-order valence-electron chi connectivity index (χ1n) is 11.9. The van der Waals surface area contributed by atoms with Gasteiger partial charge in [0.2, 0.25) is 0 Å². The van der Waals surface area contributed by atoms with Crippen LogP contribution in [0.3, 0.4) is 0 Å². The summed E-state index contributed by atoms with van der Waals surface area (Å²) >= 11 is 0. The molecule has 0 saturated heterocycles. The van der Waals surface area contributed by atoms with Crippen LogP contribution in [0.25, 0.3) is 0 Å². The van der Waals surface area contributed by atoms with Crippen molar-refractivity contribution < 1.29 is 19.3 Å². The molecule has 0 bridgehead atoms. The molecular weight excluding hydrogens is 440 g/mol. The number of fused-ring (bicyclic) bond motifs is 1. The van der Waals surface area contributed by atoms with Crippen molar-refractivity contribution in [3.63, 3.8) is 0 Å². The molecule has 1 aliphatic heterocycles. The van der Waals surface area contributed by atoms with Crippen molar-refractivity contribution in [2.75, 3.05) is 6.61 Å². The number of hydrogen-bond acceptors (Lipinski definition) is 5. The minimum Gasteiger partial charge on any atom is -0.382 e. The van der Waals surface area contributed by atoms with Gasteiger partial charge < -0.3 is 23.9 Å². The van der Waals surface area contributed by atoms with Crippen LogP contribution in [-0.4, -0.2) is 33.5 Å². The molecule has 1 N–H and O–H groups in total. The van der Waals surface area contributed by atoms with Gasteiger partial charge in [-0.15, -0.1) is 0 Å². The van der Waals surface area contributed by atoms with Crippen molar-refractivity contribution >= 4 is 0 Å². The van der Waals surface area contributed by atoms with Gasteiger partial charge in [0.1, 0.15) is 24.1 Å². The highest BCUT2D eigenvalue weighted by Crippen LogP contribution is 2.36. The Morgan fingerprint density at radius 2 is 1.20 bits per heavy atom. The predicted octanol–water partition coefficient (Wildman–Crippen LogP) is 4.86. The second kappa shape index (κ2) is 11.4. The summed E-state index contributed by atoms with van der Waals surface area (Å²) in [5, 5.41) is 11.2. The summed E-state index contributed by atoms with van der Waals surface area (Å²) in [5.74, 6) is 0.566. The highest BCUT2D eigenvalue weighted by atomic mass is 16.6. The number of nitrogens with zero attached hydrogens (tertiary/aromatic N) is 2. The molecule has 6 heteroatoms. The summed E-state index contributed by atoms with van der Waals surface area (Å²) in [7, 11) is 0. The lowest BCUT2D eigenvalue weighted by atomic mass is 9.95. The van der Waals surface area contributed by atoms with Crippen molar-refractivity contribution in [2.45, 2.75) is 44.2 Å². The average molecular weight is 471 g/mol. The van der Waals surface area contributed by atoms with Crippen molar-refractivity contribution in [1.82, 2.24) is 9.55 Å². The maximum atomic E-state index is 11.2. The van der Waals surface area contributed by atoms with Crippen LogP contribution < -0.4 is 0 Å². The van der Waals surface area contributed by atoms with Gasteiger partial charge in [-0.1, -0.05) is 91.0 Å². The SMILES string of the molecule is O[C@H]1c2nccn2[C@H](COCc2ccccc2)[C@@H](OCc2ccccc2)[C@@H]1OCc1ccccc1. The molecule has 0 spiro atoms. The Morgan fingerprint density at radius 3 is 1.77 bits per heavy atom. The summed E-state index contributed by atoms with van der Waals surface area (Å²) in [4.78, 5) is 4.43. The summed E-state index contributed by atoms with van der Waals surface area (Å²) < 4.78 is 20.9. The van der Waals surface area contributed by atoms with E-state index in [0.717, 1.165) is 16.7 Å². The van der Waals surface area contributed by atoms with Gasteiger partial charge in [-0.2, -0.15) is 0 Å². The zero-order chi connectivity index (χ0) is 23.9. The Bertz CT molecular complexity index is 1170. The summed E-state index contributed by atoms with van der Waals surface area (Å²) in [5.41, 5.74) is 3.20. The molecule has 0 radical (unpaired) electrons. The Balaban J connectivity index is 1.38. The van der Waals surface area contributed by atoms with Gasteiger partial charge in [-0.25, -0.2) is 4.98 Å². The van der Waals surface area contributed by atoms with E-state index in [1.807, 2.05) is 102 Å². The number of benzene rings is 3. The molecule has 0 unspecified atom stereocenters. The Kier molecular flexibility index (Phi) is 7.66. The fourth-order valence-corrected chi connectivity index (χ4v) is 4.51. The van der Waals surface area contributed by atoms with Gasteiger partial charge in [0, 0.05) is 12.4 Å². The van der Waals surface area contributed by atoms with Gasteiger partial charge in [-0.3, -0.25) is 0 Å². The van der Waals surface area contributed by atoms with Gasteiger partial charge in [0.15, 0.2) is 0 Å². The van der Waals surface area contributed by atoms with E-state index in [4.69, 9.17) is 14.2 Å². The maximum absolute atomic E-state index is 11.2. The monoisotopic (exact) mass is 470 g/mol. The molecule has 35 heavy (non-hydrogen) atoms. The van der Waals surface area contributed by atoms with E-state index < -0.39 is 18.3 Å². The number of aliphatic hydroxyl groups excluding tert-OH is 1. The molecule has 1 aromatic heterocycles. The van der Waals surface area contributed by atoms with Crippen LogP contribution in [0.5, 0.6) is 0 Å². The molecule has 0 amide bonds. The standard InChI is InChI=1S/C29H30N2O4/c32-26-28(35-20-24-14-8-3-9-15-24)27(34-19-23-12-6-2-7-13-23)25(31-17-16-30-29(26)31)21-33-18-22-10-4-1-5-11-22/h1-17,25-28,32H,18-21H2/t25-,26-,27-,28-/m1/s1. The molecule has 4 aromatic rings. The van der Waals surface area contributed by atoms with E-state index in [1.54, 1.807) is 6.20 Å². The van der Waals surface area contributed by atoms with Gasteiger partial charge in [-0.05, 0) is 16.7 Å². The lowest BCUT2D eigenvalue weighted by Gasteiger charge is -2.41. The Labute approximate surface area is 205 Å². The van der Waals surface area contributed by atoms with Crippen LogP contribution >= 0.6 is 0 Å². The summed E-state index contributed by atoms with van der Waals surface area (Å²) in [6.45, 7) is 1.66. The molecule has 1 aliphatic rings. The lowest BCUT2D eigenvalue weighted by molar-refractivity contribution is -0.172. The van der Waals surface area contributed by atoms with E-state index in [0.29, 0.717) is 32.3 Å². The van der Waals surface area contributed by atoms with E-state index in [9.17, 15) is 5.11 Å². The molecule has 2 heterocycles. The third-order valence-electron chi connectivity index (χ3n) is 6.31. The second-order valence-electron chi connectivity index (χ2n) is 8.73. The van der Waals surface area contributed by atoms with Crippen molar-refractivity contribution in [2.24, 2.45) is 0 Å². The van der Waals surface area contributed by atoms with Crippen molar-refractivity contribution in [3.05, 3.63) is 126 Å². The third kappa shape index (κ3) is 5.69. The quantitative estimate of drug-likeness (QED) is 0.359. The second-order valence-corrected chi connectivity index (χ2v) is 8.73. The van der Waals surface area contributed by atoms with Crippen molar-refractivity contribution in [3.8, 4) is 0 Å². The topological polar surface area (TPSA) is 65.7 Å². The molecule has 4 atom stereocenters. The van der Waals surface area contributed by atoms with Gasteiger partial charge in [0.25, 0.3) is 0 Å². The highest BCUT2D eigenvalue weighted by molar-refractivity contribution is 5.16. The number of ether oxygens (including phenoxy) is 3. The van der Waals surface area contributed by atoms with E-state index in [1.165, 1.54) is 0 Å². The average Bonchev–Trinajstić information content (AvgIpc) is 3.40. The van der Waals surface area contributed by atoms with Crippen LogP contribution in [0, 0.1) is 0 Å². The zero-order valence-electron chi connectivity index (χ0n) is 19.5. The molecular formula is C29H30N2O4. The molecule has 0 fully saturated rings. The first-order valence-corrected chi connectivity index (χ1v) is 11.9. The highest BCUT2D eigenvalue weighted by Gasteiger charge is 2.44. The van der Waals surface area contributed by atoms with Crippen LogP contribution in [0.1, 0.15) is 34.7 Å². The zero-order valence-corrected chi connectivity index (χ0v) is 19.5. The normalized spacial score (nSPS) is 21.5. The number of hydrogen-bond donors (Lipinski definition) is 1. The molecule has 5 rings (SSSR count). The van der Waals surface area contributed by atoms with Crippen LogP contribution in [0.15, 0.2) is 103 Å². The predicted molar refractivity (Wildman–Crippen MR) is 132 cm³/mol. The molecule has 6 nitrogen and oxygen atoms in total.